The summed E-state index contributed by atoms with van der Waals surface area (Å²) in [5.41, 5.74) is 1.47. The summed E-state index contributed by atoms with van der Waals surface area (Å²) >= 11 is 7.48. The van der Waals surface area contributed by atoms with Crippen LogP contribution in [0, 0.1) is 6.92 Å². The van der Waals surface area contributed by atoms with Crippen LogP contribution in [0.5, 0.6) is 0 Å². The van der Waals surface area contributed by atoms with Gasteiger partial charge in [0.1, 0.15) is 11.0 Å². The van der Waals surface area contributed by atoms with Crippen molar-refractivity contribution in [2.75, 3.05) is 13.7 Å². The Bertz CT molecular complexity index is 901. The second-order valence-corrected chi connectivity index (χ2v) is 6.87. The van der Waals surface area contributed by atoms with Crippen LogP contribution in [0.1, 0.15) is 27.0 Å². The maximum absolute atomic E-state index is 12.6. The normalized spacial score (nSPS) is 12.0. The number of thiazole rings is 1. The summed E-state index contributed by atoms with van der Waals surface area (Å²) in [6.45, 7) is 2.09. The molecular weight excluding hydrogens is 372 g/mol. The highest BCUT2D eigenvalue weighted by Crippen LogP contribution is 2.26. The molecule has 0 aliphatic heterocycles. The van der Waals surface area contributed by atoms with Crippen molar-refractivity contribution in [1.82, 2.24) is 20.3 Å². The van der Waals surface area contributed by atoms with Gasteiger partial charge in [-0.05, 0) is 19.1 Å². The van der Waals surface area contributed by atoms with Crippen LogP contribution < -0.4 is 5.32 Å². The molecule has 0 radical (unpaired) electrons. The van der Waals surface area contributed by atoms with Crippen LogP contribution in [0.3, 0.4) is 0 Å². The highest BCUT2D eigenvalue weighted by Gasteiger charge is 2.20. The van der Waals surface area contributed by atoms with Crippen LogP contribution >= 0.6 is 22.9 Å². The fraction of sp³-hybridized carbons (Fsp3) is 0.222. The van der Waals surface area contributed by atoms with Gasteiger partial charge in [-0.1, -0.05) is 29.8 Å². The van der Waals surface area contributed by atoms with Crippen molar-refractivity contribution in [2.24, 2.45) is 0 Å². The first kappa shape index (κ1) is 18.4. The maximum atomic E-state index is 12.6. The minimum Gasteiger partial charge on any atom is -0.375 e. The van der Waals surface area contributed by atoms with E-state index in [2.05, 4.69) is 20.3 Å². The van der Waals surface area contributed by atoms with E-state index in [9.17, 15) is 4.79 Å². The summed E-state index contributed by atoms with van der Waals surface area (Å²) in [6.07, 6.45) is 2.95. The van der Waals surface area contributed by atoms with Crippen molar-refractivity contribution in [1.29, 1.82) is 0 Å². The van der Waals surface area contributed by atoms with Gasteiger partial charge in [0.15, 0.2) is 10.8 Å². The van der Waals surface area contributed by atoms with Gasteiger partial charge in [-0.2, -0.15) is 0 Å². The van der Waals surface area contributed by atoms with E-state index < -0.39 is 0 Å². The predicted molar refractivity (Wildman–Crippen MR) is 101 cm³/mol. The van der Waals surface area contributed by atoms with Gasteiger partial charge in [0.2, 0.25) is 0 Å². The topological polar surface area (TPSA) is 77.0 Å². The number of aryl methyl sites for hydroxylation is 1. The number of hydrogen-bond donors (Lipinski definition) is 1. The Labute approximate surface area is 160 Å². The number of carbonyl (C=O) groups excluding carboxylic acids is 1. The molecule has 26 heavy (non-hydrogen) atoms. The smallest absolute Gasteiger partial charge is 0.263 e. The molecule has 2 aromatic heterocycles. The standard InChI is InChI=1S/C18H17ClN4O2S/c1-11-15(26-18(23-11)16-20-8-5-9-21-16)17(24)22-10-14(25-2)12-6-3-4-7-13(12)19/h3-9,14H,10H2,1-2H3,(H,22,24). The minimum atomic E-state index is -0.335. The molecule has 3 rings (SSSR count). The van der Waals surface area contributed by atoms with Crippen LogP contribution in [0.4, 0.5) is 0 Å². The maximum Gasteiger partial charge on any atom is 0.263 e. The third kappa shape index (κ3) is 4.07. The van der Waals surface area contributed by atoms with Crippen LogP contribution in [0.2, 0.25) is 5.02 Å². The Hall–Kier alpha value is -2.35. The molecule has 0 saturated heterocycles. The van der Waals surface area contributed by atoms with E-state index in [1.807, 2.05) is 18.2 Å². The van der Waals surface area contributed by atoms with Gasteiger partial charge in [-0.3, -0.25) is 4.79 Å². The van der Waals surface area contributed by atoms with Crippen molar-refractivity contribution in [3.05, 3.63) is 63.9 Å². The summed E-state index contributed by atoms with van der Waals surface area (Å²) in [5, 5.41) is 4.10. The zero-order valence-corrected chi connectivity index (χ0v) is 15.8. The highest BCUT2D eigenvalue weighted by molar-refractivity contribution is 7.17. The molecule has 3 aromatic rings. The zero-order valence-electron chi connectivity index (χ0n) is 14.3. The van der Waals surface area contributed by atoms with Gasteiger partial charge in [-0.25, -0.2) is 15.0 Å². The lowest BCUT2D eigenvalue weighted by molar-refractivity contribution is 0.0830. The third-order valence-electron chi connectivity index (χ3n) is 3.74. The van der Waals surface area contributed by atoms with E-state index >= 15 is 0 Å². The summed E-state index contributed by atoms with van der Waals surface area (Å²) in [4.78, 5) is 25.8. The van der Waals surface area contributed by atoms with E-state index in [0.29, 0.717) is 33.0 Å². The van der Waals surface area contributed by atoms with Gasteiger partial charge >= 0.3 is 0 Å². The first-order valence-electron chi connectivity index (χ1n) is 7.90. The number of rotatable bonds is 6. The third-order valence-corrected chi connectivity index (χ3v) is 5.24. The number of halogens is 1. The lowest BCUT2D eigenvalue weighted by Gasteiger charge is -2.17. The fourth-order valence-electron chi connectivity index (χ4n) is 2.43. The molecule has 8 heteroatoms. The Morgan fingerprint density at radius 1 is 1.27 bits per heavy atom. The molecule has 0 bridgehead atoms. The van der Waals surface area contributed by atoms with E-state index in [4.69, 9.17) is 16.3 Å². The van der Waals surface area contributed by atoms with E-state index in [0.717, 1.165) is 5.56 Å². The van der Waals surface area contributed by atoms with Crippen molar-refractivity contribution in [3.63, 3.8) is 0 Å². The van der Waals surface area contributed by atoms with Gasteiger partial charge < -0.3 is 10.1 Å². The largest absolute Gasteiger partial charge is 0.375 e. The number of methoxy groups -OCH3 is 1. The van der Waals surface area contributed by atoms with Crippen molar-refractivity contribution < 1.29 is 9.53 Å². The van der Waals surface area contributed by atoms with Crippen molar-refractivity contribution >= 4 is 28.8 Å². The number of aromatic nitrogens is 3. The Balaban J connectivity index is 1.72. The van der Waals surface area contributed by atoms with Gasteiger partial charge in [0.05, 0.1) is 5.69 Å². The monoisotopic (exact) mass is 388 g/mol. The summed E-state index contributed by atoms with van der Waals surface area (Å²) < 4.78 is 5.48. The molecule has 1 N–H and O–H groups in total. The highest BCUT2D eigenvalue weighted by atomic mass is 35.5. The van der Waals surface area contributed by atoms with Crippen molar-refractivity contribution in [2.45, 2.75) is 13.0 Å². The number of amides is 1. The van der Waals surface area contributed by atoms with Crippen molar-refractivity contribution in [3.8, 4) is 10.8 Å². The Morgan fingerprint density at radius 2 is 2.00 bits per heavy atom. The average Bonchev–Trinajstić information content (AvgIpc) is 3.06. The quantitative estimate of drug-likeness (QED) is 0.697. The molecule has 1 atom stereocenters. The summed E-state index contributed by atoms with van der Waals surface area (Å²) in [5.74, 6) is 0.293. The molecule has 134 valence electrons. The first-order chi connectivity index (χ1) is 12.6. The molecule has 1 aromatic carbocycles. The van der Waals surface area contributed by atoms with Gasteiger partial charge in [0, 0.05) is 36.6 Å². The molecule has 0 spiro atoms. The molecule has 0 saturated carbocycles. The minimum absolute atomic E-state index is 0.212. The molecule has 0 aliphatic rings. The summed E-state index contributed by atoms with van der Waals surface area (Å²) in [7, 11) is 1.59. The van der Waals surface area contributed by atoms with Crippen LogP contribution in [-0.2, 0) is 4.74 Å². The number of ether oxygens (including phenoxy) is 1. The number of hydrogen-bond acceptors (Lipinski definition) is 6. The van der Waals surface area contributed by atoms with E-state index in [-0.39, 0.29) is 12.0 Å². The second kappa shape index (κ2) is 8.35. The van der Waals surface area contributed by atoms with Gasteiger partial charge in [0.25, 0.3) is 5.91 Å². The zero-order chi connectivity index (χ0) is 18.5. The first-order valence-corrected chi connectivity index (χ1v) is 9.10. The molecule has 0 aliphatic carbocycles. The number of benzene rings is 1. The summed E-state index contributed by atoms with van der Waals surface area (Å²) in [6, 6.07) is 9.15. The second-order valence-electron chi connectivity index (χ2n) is 5.46. The van der Waals surface area contributed by atoms with Crippen LogP contribution in [0.15, 0.2) is 42.7 Å². The molecule has 6 nitrogen and oxygen atoms in total. The SMILES string of the molecule is COC(CNC(=O)c1sc(-c2ncccn2)nc1C)c1ccccc1Cl. The van der Waals surface area contributed by atoms with Crippen LogP contribution in [0.25, 0.3) is 10.8 Å². The van der Waals surface area contributed by atoms with Crippen LogP contribution in [-0.4, -0.2) is 34.5 Å². The van der Waals surface area contributed by atoms with Gasteiger partial charge in [-0.15, -0.1) is 11.3 Å². The molecular formula is C18H17ClN4O2S. The molecule has 1 unspecified atom stereocenters. The Kier molecular flexibility index (Phi) is 5.92. The van der Waals surface area contributed by atoms with E-state index in [1.165, 1.54) is 11.3 Å². The molecule has 0 fully saturated rings. The lowest BCUT2D eigenvalue weighted by atomic mass is 10.1. The van der Waals surface area contributed by atoms with E-state index in [1.54, 1.807) is 38.6 Å². The Morgan fingerprint density at radius 3 is 2.69 bits per heavy atom. The molecule has 2 heterocycles. The lowest BCUT2D eigenvalue weighted by Crippen LogP contribution is -2.29. The average molecular weight is 389 g/mol. The molecule has 1 amide bonds. The number of nitrogens with one attached hydrogen (secondary N) is 1. The number of carbonyl (C=O) groups is 1. The fourth-order valence-corrected chi connectivity index (χ4v) is 3.62. The predicted octanol–water partition coefficient (Wildman–Crippen LogP) is 3.68. The number of nitrogens with zero attached hydrogens (tertiary/aromatic N) is 3.